The molecule has 0 bridgehead atoms. The normalized spacial score (nSPS) is 17.5. The Morgan fingerprint density at radius 1 is 1.42 bits per heavy atom. The molecule has 0 radical (unpaired) electrons. The zero-order valence-corrected chi connectivity index (χ0v) is 16.8. The lowest BCUT2D eigenvalue weighted by molar-refractivity contribution is 0.0818. The van der Waals surface area contributed by atoms with Crippen LogP contribution in [0, 0.1) is 0 Å². The first-order chi connectivity index (χ1) is 11.2. The monoisotopic (exact) mass is 471 g/mol. The van der Waals surface area contributed by atoms with Crippen LogP contribution in [0.15, 0.2) is 29.3 Å². The van der Waals surface area contributed by atoms with E-state index in [1.54, 1.807) is 25.2 Å². The molecule has 2 N–H and O–H groups in total. The van der Waals surface area contributed by atoms with Gasteiger partial charge >= 0.3 is 0 Å². The highest BCUT2D eigenvalue weighted by molar-refractivity contribution is 14.0. The summed E-state index contributed by atoms with van der Waals surface area (Å²) < 4.78 is 29.4. The van der Waals surface area contributed by atoms with Gasteiger partial charge in [0, 0.05) is 25.4 Å². The minimum Gasteiger partial charge on any atom is -0.488 e. The van der Waals surface area contributed by atoms with E-state index in [1.165, 1.54) is 18.6 Å². The molecule has 1 saturated heterocycles. The third-order valence-electron chi connectivity index (χ3n) is 3.48. The summed E-state index contributed by atoms with van der Waals surface area (Å²) in [6.07, 6.45) is 0.0698. The van der Waals surface area contributed by atoms with E-state index in [0.717, 1.165) is 18.1 Å². The molecule has 0 aliphatic carbocycles. The number of nitrogens with zero attached hydrogens (tertiary/aromatic N) is 1. The molecule has 1 atom stereocenters. The molecule has 1 aliphatic rings. The summed E-state index contributed by atoms with van der Waals surface area (Å²) in [6.45, 7) is 0.879. The molecule has 0 aromatic heterocycles. The van der Waals surface area contributed by atoms with Gasteiger partial charge in [-0.2, -0.15) is 11.8 Å². The van der Waals surface area contributed by atoms with Crippen LogP contribution in [0.5, 0.6) is 5.75 Å². The van der Waals surface area contributed by atoms with Gasteiger partial charge in [-0.3, -0.25) is 4.99 Å². The summed E-state index contributed by atoms with van der Waals surface area (Å²) in [4.78, 5) is 4.20. The summed E-state index contributed by atoms with van der Waals surface area (Å²) in [6, 6.07) is 7.15. The van der Waals surface area contributed by atoms with Crippen LogP contribution >= 0.6 is 35.7 Å². The maximum Gasteiger partial charge on any atom is 0.272 e. The molecule has 2 rings (SSSR count). The van der Waals surface area contributed by atoms with E-state index >= 15 is 0 Å². The van der Waals surface area contributed by atoms with E-state index in [4.69, 9.17) is 4.74 Å². The summed E-state index contributed by atoms with van der Waals surface area (Å²) in [5, 5.41) is 7.20. The van der Waals surface area contributed by atoms with Crippen molar-refractivity contribution in [3.8, 4) is 5.75 Å². The maximum absolute atomic E-state index is 12.2. The Hall–Kier alpha value is -0.770. The SMILES string of the molecule is CN=C(NCc1cccc(OCC(F)F)c1)NCC1CCCS1.I. The molecular formula is C16H24F2IN3OS. The van der Waals surface area contributed by atoms with E-state index < -0.39 is 13.0 Å². The van der Waals surface area contributed by atoms with Crippen LogP contribution in [0.1, 0.15) is 18.4 Å². The first-order valence-electron chi connectivity index (χ1n) is 7.73. The first kappa shape index (κ1) is 21.3. The fourth-order valence-electron chi connectivity index (χ4n) is 2.33. The van der Waals surface area contributed by atoms with Crippen molar-refractivity contribution in [2.45, 2.75) is 31.1 Å². The highest BCUT2D eigenvalue weighted by Crippen LogP contribution is 2.25. The Morgan fingerprint density at radius 3 is 2.92 bits per heavy atom. The average molecular weight is 471 g/mol. The number of hydrogen-bond donors (Lipinski definition) is 2. The number of guanidine groups is 1. The van der Waals surface area contributed by atoms with Crippen LogP contribution in [0.2, 0.25) is 0 Å². The van der Waals surface area contributed by atoms with Crippen LogP contribution in [0.3, 0.4) is 0 Å². The largest absolute Gasteiger partial charge is 0.488 e. The molecule has 0 saturated carbocycles. The van der Waals surface area contributed by atoms with Gasteiger partial charge < -0.3 is 15.4 Å². The van der Waals surface area contributed by atoms with E-state index in [-0.39, 0.29) is 24.0 Å². The quantitative estimate of drug-likeness (QED) is 0.363. The molecule has 1 aromatic rings. The van der Waals surface area contributed by atoms with Crippen molar-refractivity contribution < 1.29 is 13.5 Å². The van der Waals surface area contributed by atoms with Gasteiger partial charge in [0.1, 0.15) is 12.4 Å². The number of thioether (sulfide) groups is 1. The second kappa shape index (κ2) is 11.7. The second-order valence-corrected chi connectivity index (χ2v) is 6.70. The molecule has 0 spiro atoms. The zero-order valence-electron chi connectivity index (χ0n) is 13.6. The van der Waals surface area contributed by atoms with E-state index in [2.05, 4.69) is 15.6 Å². The van der Waals surface area contributed by atoms with Crippen molar-refractivity contribution in [3.05, 3.63) is 29.8 Å². The van der Waals surface area contributed by atoms with Gasteiger partial charge in [0.2, 0.25) is 0 Å². The van der Waals surface area contributed by atoms with Gasteiger partial charge in [0.25, 0.3) is 6.43 Å². The standard InChI is InChI=1S/C16H23F2N3OS.HI/c1-19-16(21-10-14-6-3-7-23-14)20-9-12-4-2-5-13(8-12)22-11-15(17)18;/h2,4-5,8,14-15H,3,6-7,9-11H2,1H3,(H2,19,20,21);1H. The van der Waals surface area contributed by atoms with Gasteiger partial charge in [-0.05, 0) is 36.3 Å². The Kier molecular flexibility index (Phi) is 10.4. The van der Waals surface area contributed by atoms with Gasteiger partial charge in [0.15, 0.2) is 5.96 Å². The fraction of sp³-hybridized carbons (Fsp3) is 0.562. The lowest BCUT2D eigenvalue weighted by Gasteiger charge is -2.15. The Morgan fingerprint density at radius 2 is 2.25 bits per heavy atom. The van der Waals surface area contributed by atoms with Crippen molar-refractivity contribution in [2.75, 3.05) is 26.0 Å². The van der Waals surface area contributed by atoms with Crippen molar-refractivity contribution >= 4 is 41.7 Å². The van der Waals surface area contributed by atoms with Crippen LogP contribution < -0.4 is 15.4 Å². The number of benzene rings is 1. The van der Waals surface area contributed by atoms with E-state index in [1.807, 2.05) is 17.8 Å². The molecule has 1 aromatic carbocycles. The number of aliphatic imine (C=N–C) groups is 1. The summed E-state index contributed by atoms with van der Waals surface area (Å²) in [5.41, 5.74) is 0.954. The maximum atomic E-state index is 12.2. The zero-order chi connectivity index (χ0) is 16.5. The van der Waals surface area contributed by atoms with Crippen LogP contribution in [0.25, 0.3) is 0 Å². The summed E-state index contributed by atoms with van der Waals surface area (Å²) >= 11 is 2.00. The molecule has 0 amide bonds. The molecule has 136 valence electrons. The van der Waals surface area contributed by atoms with Crippen LogP contribution in [-0.4, -0.2) is 43.6 Å². The number of ether oxygens (including phenoxy) is 1. The lowest BCUT2D eigenvalue weighted by Crippen LogP contribution is -2.39. The predicted molar refractivity (Wildman–Crippen MR) is 107 cm³/mol. The summed E-state index contributed by atoms with van der Waals surface area (Å²) in [7, 11) is 1.74. The van der Waals surface area contributed by atoms with Crippen molar-refractivity contribution in [2.24, 2.45) is 4.99 Å². The van der Waals surface area contributed by atoms with Crippen molar-refractivity contribution in [1.29, 1.82) is 0 Å². The Balaban J connectivity index is 0.00000288. The van der Waals surface area contributed by atoms with Crippen LogP contribution in [-0.2, 0) is 6.54 Å². The van der Waals surface area contributed by atoms with E-state index in [0.29, 0.717) is 17.5 Å². The van der Waals surface area contributed by atoms with Gasteiger partial charge in [0.05, 0.1) is 0 Å². The number of rotatable bonds is 7. The van der Waals surface area contributed by atoms with E-state index in [9.17, 15) is 8.78 Å². The lowest BCUT2D eigenvalue weighted by atomic mass is 10.2. The number of nitrogens with one attached hydrogen (secondary N) is 2. The van der Waals surface area contributed by atoms with Crippen LogP contribution in [0.4, 0.5) is 8.78 Å². The Labute approximate surface area is 163 Å². The minimum atomic E-state index is -2.46. The third kappa shape index (κ3) is 7.87. The minimum absolute atomic E-state index is 0. The van der Waals surface area contributed by atoms with Gasteiger partial charge in [-0.1, -0.05) is 12.1 Å². The molecule has 1 heterocycles. The number of hydrogen-bond acceptors (Lipinski definition) is 3. The van der Waals surface area contributed by atoms with Crippen molar-refractivity contribution in [3.63, 3.8) is 0 Å². The molecule has 4 nitrogen and oxygen atoms in total. The molecule has 1 unspecified atom stereocenters. The predicted octanol–water partition coefficient (Wildman–Crippen LogP) is 3.51. The second-order valence-electron chi connectivity index (χ2n) is 5.29. The smallest absolute Gasteiger partial charge is 0.272 e. The molecular weight excluding hydrogens is 447 g/mol. The van der Waals surface area contributed by atoms with Gasteiger partial charge in [-0.15, -0.1) is 24.0 Å². The fourth-order valence-corrected chi connectivity index (χ4v) is 3.53. The van der Waals surface area contributed by atoms with Gasteiger partial charge in [-0.25, -0.2) is 8.78 Å². The average Bonchev–Trinajstić information content (AvgIpc) is 3.07. The topological polar surface area (TPSA) is 45.7 Å². The van der Waals surface area contributed by atoms with Crippen molar-refractivity contribution in [1.82, 2.24) is 10.6 Å². The number of alkyl halides is 2. The Bertz CT molecular complexity index is 514. The third-order valence-corrected chi connectivity index (χ3v) is 4.88. The highest BCUT2D eigenvalue weighted by atomic mass is 127. The highest BCUT2D eigenvalue weighted by Gasteiger charge is 2.15. The number of halogens is 3. The molecule has 8 heteroatoms. The molecule has 1 fully saturated rings. The first-order valence-corrected chi connectivity index (χ1v) is 8.78. The molecule has 1 aliphatic heterocycles. The summed E-state index contributed by atoms with van der Waals surface area (Å²) in [5.74, 6) is 2.44. The molecule has 24 heavy (non-hydrogen) atoms.